The Bertz CT molecular complexity index is 380. The van der Waals surface area contributed by atoms with Crippen molar-refractivity contribution in [2.75, 3.05) is 7.11 Å². The summed E-state index contributed by atoms with van der Waals surface area (Å²) in [5, 5.41) is 0. The Labute approximate surface area is 84.4 Å². The molecule has 2 heteroatoms. The van der Waals surface area contributed by atoms with E-state index in [0.717, 1.165) is 12.2 Å². The van der Waals surface area contributed by atoms with E-state index in [-0.39, 0.29) is 6.04 Å². The average Bonchev–Trinajstić information content (AvgIpc) is 2.60. The summed E-state index contributed by atoms with van der Waals surface area (Å²) in [6, 6.07) is 6.22. The molecule has 1 aromatic carbocycles. The monoisotopic (exact) mass is 189 g/mol. The highest BCUT2D eigenvalue weighted by Crippen LogP contribution is 2.36. The quantitative estimate of drug-likeness (QED) is 0.772. The first-order valence-electron chi connectivity index (χ1n) is 4.86. The summed E-state index contributed by atoms with van der Waals surface area (Å²) in [5.41, 5.74) is 9.63. The molecule has 0 saturated carbocycles. The van der Waals surface area contributed by atoms with Crippen molar-refractivity contribution in [3.63, 3.8) is 0 Å². The van der Waals surface area contributed by atoms with Crippen LogP contribution in [0.1, 0.15) is 18.1 Å². The molecular weight excluding hydrogens is 174 g/mol. The van der Waals surface area contributed by atoms with Gasteiger partial charge in [-0.3, -0.25) is 0 Å². The predicted molar refractivity (Wildman–Crippen MR) is 58.3 cm³/mol. The minimum atomic E-state index is 0.0764. The number of methoxy groups -OCH3 is 1. The highest BCUT2D eigenvalue weighted by molar-refractivity contribution is 5.79. The van der Waals surface area contributed by atoms with Crippen molar-refractivity contribution in [2.45, 2.75) is 19.4 Å². The second-order valence-electron chi connectivity index (χ2n) is 3.65. The third-order valence-electron chi connectivity index (χ3n) is 2.65. The van der Waals surface area contributed by atoms with Gasteiger partial charge in [0.25, 0.3) is 0 Å². The first-order valence-corrected chi connectivity index (χ1v) is 4.86. The zero-order valence-corrected chi connectivity index (χ0v) is 8.58. The molecule has 0 fully saturated rings. The summed E-state index contributed by atoms with van der Waals surface area (Å²) in [6.07, 6.45) is 3.17. The fraction of sp³-hybridized carbons (Fsp3) is 0.333. The van der Waals surface area contributed by atoms with Gasteiger partial charge in [-0.05, 0) is 30.5 Å². The normalized spacial score (nSPS) is 16.1. The van der Waals surface area contributed by atoms with Gasteiger partial charge in [0.2, 0.25) is 0 Å². The van der Waals surface area contributed by atoms with E-state index in [2.05, 4.69) is 12.1 Å². The maximum Gasteiger partial charge on any atom is 0.126 e. The van der Waals surface area contributed by atoms with E-state index in [9.17, 15) is 0 Å². The molecule has 0 amide bonds. The molecule has 1 aliphatic rings. The average molecular weight is 189 g/mol. The number of allylic oxidation sites excluding steroid dienone is 1. The highest BCUT2D eigenvalue weighted by atomic mass is 16.5. The van der Waals surface area contributed by atoms with Crippen molar-refractivity contribution in [1.29, 1.82) is 0 Å². The van der Waals surface area contributed by atoms with Crippen molar-refractivity contribution in [3.8, 4) is 5.75 Å². The van der Waals surface area contributed by atoms with Gasteiger partial charge in [-0.1, -0.05) is 18.2 Å². The van der Waals surface area contributed by atoms with Gasteiger partial charge < -0.3 is 10.5 Å². The van der Waals surface area contributed by atoms with Crippen LogP contribution in [0.15, 0.2) is 24.3 Å². The van der Waals surface area contributed by atoms with Gasteiger partial charge in [0.05, 0.1) is 7.11 Å². The van der Waals surface area contributed by atoms with Gasteiger partial charge in [-0.25, -0.2) is 0 Å². The highest BCUT2D eigenvalue weighted by Gasteiger charge is 2.20. The maximum atomic E-state index is 5.91. The number of hydrogen-bond acceptors (Lipinski definition) is 2. The zero-order valence-electron chi connectivity index (χ0n) is 8.58. The number of nitrogens with two attached hydrogens (primary N) is 1. The molecule has 0 aromatic heterocycles. The van der Waals surface area contributed by atoms with Gasteiger partial charge in [-0.2, -0.15) is 0 Å². The molecule has 0 spiro atoms. The zero-order chi connectivity index (χ0) is 10.1. The second-order valence-corrected chi connectivity index (χ2v) is 3.65. The molecule has 0 aliphatic heterocycles. The Morgan fingerprint density at radius 2 is 2.21 bits per heavy atom. The Kier molecular flexibility index (Phi) is 2.30. The van der Waals surface area contributed by atoms with Crippen LogP contribution in [0.3, 0.4) is 0 Å². The van der Waals surface area contributed by atoms with Crippen LogP contribution < -0.4 is 10.5 Å². The molecule has 2 rings (SSSR count). The lowest BCUT2D eigenvalue weighted by Gasteiger charge is -2.13. The second kappa shape index (κ2) is 3.46. The largest absolute Gasteiger partial charge is 0.496 e. The van der Waals surface area contributed by atoms with Crippen LogP contribution in [0.4, 0.5) is 0 Å². The van der Waals surface area contributed by atoms with Gasteiger partial charge in [0.1, 0.15) is 5.75 Å². The summed E-state index contributed by atoms with van der Waals surface area (Å²) in [7, 11) is 1.70. The fourth-order valence-corrected chi connectivity index (χ4v) is 1.98. The van der Waals surface area contributed by atoms with Crippen molar-refractivity contribution >= 4 is 5.57 Å². The minimum Gasteiger partial charge on any atom is -0.496 e. The number of ether oxygens (including phenoxy) is 1. The molecule has 1 unspecified atom stereocenters. The van der Waals surface area contributed by atoms with Crippen molar-refractivity contribution in [3.05, 3.63) is 35.4 Å². The smallest absolute Gasteiger partial charge is 0.126 e. The fourth-order valence-electron chi connectivity index (χ4n) is 1.98. The lowest BCUT2D eigenvalue weighted by Crippen LogP contribution is -2.16. The molecule has 14 heavy (non-hydrogen) atoms. The molecule has 2 N–H and O–H groups in total. The summed E-state index contributed by atoms with van der Waals surface area (Å²) in [4.78, 5) is 0. The van der Waals surface area contributed by atoms with Crippen LogP contribution >= 0.6 is 0 Å². The standard InChI is InChI=1S/C12H15NO/c1-8(13)10-7-6-9-4-3-5-11(14-2)12(9)10/h3-5,7-8H,6,13H2,1-2H3. The van der Waals surface area contributed by atoms with Crippen LogP contribution in [0, 0.1) is 0 Å². The Balaban J connectivity index is 2.52. The van der Waals surface area contributed by atoms with E-state index in [4.69, 9.17) is 10.5 Å². The summed E-state index contributed by atoms with van der Waals surface area (Å²) < 4.78 is 5.34. The van der Waals surface area contributed by atoms with Gasteiger partial charge in [-0.15, -0.1) is 0 Å². The number of fused-ring (bicyclic) bond motifs is 1. The first kappa shape index (κ1) is 9.28. The van der Waals surface area contributed by atoms with Crippen LogP contribution in [0.5, 0.6) is 5.75 Å². The predicted octanol–water partition coefficient (Wildman–Crippen LogP) is 1.98. The third-order valence-corrected chi connectivity index (χ3v) is 2.65. The molecular formula is C12H15NO. The summed E-state index contributed by atoms with van der Waals surface area (Å²) in [5.74, 6) is 0.934. The lowest BCUT2D eigenvalue weighted by atomic mass is 10.0. The van der Waals surface area contributed by atoms with E-state index < -0.39 is 0 Å². The third kappa shape index (κ3) is 1.32. The van der Waals surface area contributed by atoms with Crippen molar-refractivity contribution in [1.82, 2.24) is 0 Å². The van der Waals surface area contributed by atoms with Gasteiger partial charge >= 0.3 is 0 Å². The van der Waals surface area contributed by atoms with Gasteiger partial charge in [0.15, 0.2) is 0 Å². The molecule has 0 saturated heterocycles. The van der Waals surface area contributed by atoms with E-state index in [1.807, 2.05) is 19.1 Å². The van der Waals surface area contributed by atoms with Crippen LogP contribution in [-0.4, -0.2) is 13.2 Å². The van der Waals surface area contributed by atoms with Crippen LogP contribution in [-0.2, 0) is 6.42 Å². The minimum absolute atomic E-state index is 0.0764. The van der Waals surface area contributed by atoms with Crippen LogP contribution in [0.2, 0.25) is 0 Å². The molecule has 2 nitrogen and oxygen atoms in total. The van der Waals surface area contributed by atoms with Gasteiger partial charge in [0, 0.05) is 11.6 Å². The molecule has 1 aromatic rings. The van der Waals surface area contributed by atoms with Crippen LogP contribution in [0.25, 0.3) is 5.57 Å². The molecule has 0 bridgehead atoms. The SMILES string of the molecule is COc1cccc2c1C(C(C)N)=CC2. The van der Waals surface area contributed by atoms with E-state index >= 15 is 0 Å². The summed E-state index contributed by atoms with van der Waals surface area (Å²) >= 11 is 0. The number of benzene rings is 1. The molecule has 1 aliphatic carbocycles. The van der Waals surface area contributed by atoms with Crippen molar-refractivity contribution in [2.24, 2.45) is 5.73 Å². The van der Waals surface area contributed by atoms with Crippen molar-refractivity contribution < 1.29 is 4.74 Å². The number of rotatable bonds is 2. The van der Waals surface area contributed by atoms with E-state index in [0.29, 0.717) is 0 Å². The Hall–Kier alpha value is -1.28. The molecule has 1 atom stereocenters. The Morgan fingerprint density at radius 1 is 1.43 bits per heavy atom. The molecule has 0 radical (unpaired) electrons. The Morgan fingerprint density at radius 3 is 2.86 bits per heavy atom. The van der Waals surface area contributed by atoms with E-state index in [1.54, 1.807) is 7.11 Å². The lowest BCUT2D eigenvalue weighted by molar-refractivity contribution is 0.413. The topological polar surface area (TPSA) is 35.2 Å². The maximum absolute atomic E-state index is 5.91. The molecule has 74 valence electrons. The van der Waals surface area contributed by atoms with E-state index in [1.165, 1.54) is 16.7 Å². The molecule has 0 heterocycles. The number of hydrogen-bond donors (Lipinski definition) is 1. The first-order chi connectivity index (χ1) is 6.74. The summed E-state index contributed by atoms with van der Waals surface area (Å²) in [6.45, 7) is 2.01.